The lowest BCUT2D eigenvalue weighted by molar-refractivity contribution is 0.392. The summed E-state index contributed by atoms with van der Waals surface area (Å²) in [5.41, 5.74) is 17.1. The van der Waals surface area contributed by atoms with Crippen LogP contribution in [0.5, 0.6) is 0 Å². The van der Waals surface area contributed by atoms with E-state index >= 15 is 0 Å². The minimum absolute atomic E-state index is 0.00694. The molecular weight excluding hydrogens is 1920 g/mol. The van der Waals surface area contributed by atoms with E-state index in [2.05, 4.69) is 497 Å². The molecule has 15 heterocycles. The molecule has 16 rings (SSSR count). The largest absolute Gasteiger partial charge is 0.448 e. The molecule has 0 spiro atoms. The van der Waals surface area contributed by atoms with E-state index < -0.39 is 0 Å². The first kappa shape index (κ1) is 136. The van der Waals surface area contributed by atoms with Gasteiger partial charge in [0.2, 0.25) is 0 Å². The minimum Gasteiger partial charge on any atom is -0.448 e. The van der Waals surface area contributed by atoms with Gasteiger partial charge >= 0.3 is 0 Å². The average molecular weight is 2110 g/mol. The Hall–Kier alpha value is -12.0. The third-order valence-corrected chi connectivity index (χ3v) is 23.3. The number of hydrogen-bond donors (Lipinski definition) is 5. The molecule has 0 bridgehead atoms. The van der Waals surface area contributed by atoms with E-state index in [1.54, 1.807) is 96.4 Å². The second-order valence-corrected chi connectivity index (χ2v) is 54.4. The Labute approximate surface area is 914 Å². The molecule has 1 aromatic carbocycles. The molecule has 5 N–H and O–H groups in total. The van der Waals surface area contributed by atoms with Crippen LogP contribution < -0.4 is 0 Å². The molecule has 0 saturated heterocycles. The maximum absolute atomic E-state index is 5.09. The SMILES string of the molecule is CC(C)(C)c1ccccc1.CC(C)(C)c1ccccn1.CC(C)(C)c1ccccn1.CC(C)(C)c1ccn[nH]1.CC(C)(C)c1ccncc1.CC(C)(C)c1ccncn1.CC(C)(C)c1ccon1.CC(C)(C)c1cnc[nH]1.CC(C)(C)c1cncs1.CC(C)(C)c1cscn1.CC(C)(C)c1ncc[nH]1.CC(C)(C)c1ncccn1.CC(C)(C)c1ncco1.CC(C)(C)c1nccs1.CC(C)(C)c1ncn[nH]1.CC(C)(C)c1nn[nH]n1. The number of aromatic nitrogens is 25. The van der Waals surface area contributed by atoms with Crippen molar-refractivity contribution in [1.82, 2.24) is 126 Å². The summed E-state index contributed by atoms with van der Waals surface area (Å²) in [5, 5.41) is 36.0. The number of benzene rings is 1. The number of oxazole rings is 1. The third-order valence-electron chi connectivity index (χ3n) is 20.3. The van der Waals surface area contributed by atoms with Gasteiger partial charge in [0.15, 0.2) is 11.7 Å². The Balaban J connectivity index is 0.000000800. The maximum Gasteiger partial charge on any atom is 0.199 e. The fraction of sp³-hybridized carbons (Fsp3) is 0.533. The highest BCUT2D eigenvalue weighted by Gasteiger charge is 2.25. The topological polar surface area (TPSA) is 363 Å². The highest BCUT2D eigenvalue weighted by molar-refractivity contribution is 7.10. The average Bonchev–Trinajstić information content (AvgIpc) is 1.13. The lowest BCUT2D eigenvalue weighted by Gasteiger charge is -2.18. The Bertz CT molecular complexity index is 4740. The minimum atomic E-state index is 0.00694. The summed E-state index contributed by atoms with van der Waals surface area (Å²) in [4.78, 5) is 64.7. The van der Waals surface area contributed by atoms with E-state index in [1.165, 1.54) is 44.4 Å². The van der Waals surface area contributed by atoms with Crippen LogP contribution >= 0.6 is 34.0 Å². The van der Waals surface area contributed by atoms with E-state index in [0.717, 1.165) is 52.0 Å². The number of pyridine rings is 3. The molecule has 0 aliphatic rings. The maximum atomic E-state index is 5.09. The molecular formula is C120H189N25O2S3. The smallest absolute Gasteiger partial charge is 0.199 e. The van der Waals surface area contributed by atoms with Gasteiger partial charge in [-0.1, -0.05) is 385 Å². The predicted molar refractivity (Wildman–Crippen MR) is 628 cm³/mol. The fourth-order valence-corrected chi connectivity index (χ4v) is 13.1. The zero-order chi connectivity index (χ0) is 115. The molecule has 0 atom stereocenters. The van der Waals surface area contributed by atoms with E-state index in [4.69, 9.17) is 8.94 Å². The van der Waals surface area contributed by atoms with E-state index in [9.17, 15) is 0 Å². The van der Waals surface area contributed by atoms with Crippen LogP contribution in [0.1, 0.15) is 422 Å². The van der Waals surface area contributed by atoms with Crippen LogP contribution in [-0.2, 0) is 86.6 Å². The molecule has 27 nitrogen and oxygen atoms in total. The Kier molecular flexibility index (Phi) is 56.3. The number of hydrogen-bond acceptors (Lipinski definition) is 25. The second-order valence-electron chi connectivity index (χ2n) is 51.9. The van der Waals surface area contributed by atoms with Crippen LogP contribution in [0.25, 0.3) is 0 Å². The molecule has 0 aliphatic carbocycles. The van der Waals surface area contributed by atoms with Crippen molar-refractivity contribution < 1.29 is 8.94 Å². The van der Waals surface area contributed by atoms with Gasteiger partial charge in [-0.15, -0.1) is 44.2 Å². The summed E-state index contributed by atoms with van der Waals surface area (Å²) in [6, 6.07) is 34.4. The highest BCUT2D eigenvalue weighted by Crippen LogP contribution is 2.30. The molecule has 30 heteroatoms. The van der Waals surface area contributed by atoms with Crippen molar-refractivity contribution in [2.45, 2.75) is 419 Å². The molecule has 0 aliphatic heterocycles. The quantitative estimate of drug-likeness (QED) is 0.0941. The van der Waals surface area contributed by atoms with Crippen molar-refractivity contribution in [3.05, 3.63) is 333 Å². The molecule has 150 heavy (non-hydrogen) atoms. The van der Waals surface area contributed by atoms with Gasteiger partial charge in [-0.2, -0.15) is 15.4 Å². The lowest BCUT2D eigenvalue weighted by Crippen LogP contribution is -2.14. The van der Waals surface area contributed by atoms with Gasteiger partial charge in [-0.05, 0) is 82.0 Å². The van der Waals surface area contributed by atoms with Crippen molar-refractivity contribution in [3.8, 4) is 0 Å². The zero-order valence-corrected chi connectivity index (χ0v) is 103. The van der Waals surface area contributed by atoms with Crippen LogP contribution in [0.3, 0.4) is 0 Å². The molecule has 0 radical (unpaired) electrons. The van der Waals surface area contributed by atoms with Crippen molar-refractivity contribution in [2.24, 2.45) is 0 Å². The predicted octanol–water partition coefficient (Wildman–Crippen LogP) is 31.7. The van der Waals surface area contributed by atoms with Crippen LogP contribution in [0, 0.1) is 0 Å². The van der Waals surface area contributed by atoms with Gasteiger partial charge in [0.1, 0.15) is 42.7 Å². The Morgan fingerprint density at radius 2 is 0.800 bits per heavy atom. The number of rotatable bonds is 0. The Morgan fingerprint density at radius 1 is 0.287 bits per heavy atom. The fourth-order valence-electron chi connectivity index (χ4n) is 10.8. The first-order valence-electron chi connectivity index (χ1n) is 51.1. The number of tetrazole rings is 1. The van der Waals surface area contributed by atoms with Gasteiger partial charge in [-0.25, -0.2) is 49.8 Å². The third kappa shape index (κ3) is 60.7. The summed E-state index contributed by atoms with van der Waals surface area (Å²) in [7, 11) is 0. The number of nitrogens with zero attached hydrogens (tertiary/aromatic N) is 20. The molecule has 0 amide bonds. The number of thiazole rings is 3. The number of imidazole rings is 2. The van der Waals surface area contributed by atoms with Crippen LogP contribution in [-0.4, -0.2) is 126 Å². The summed E-state index contributed by atoms with van der Waals surface area (Å²) >= 11 is 5.09. The van der Waals surface area contributed by atoms with Crippen molar-refractivity contribution in [2.75, 3.05) is 0 Å². The Morgan fingerprint density at radius 3 is 1.03 bits per heavy atom. The van der Waals surface area contributed by atoms with Crippen LogP contribution in [0.15, 0.2) is 252 Å². The van der Waals surface area contributed by atoms with Crippen molar-refractivity contribution in [1.29, 1.82) is 0 Å². The van der Waals surface area contributed by atoms with Gasteiger partial charge < -0.3 is 18.9 Å². The molecule has 0 fully saturated rings. The number of H-pyrrole nitrogens is 5. The molecule has 824 valence electrons. The first-order chi connectivity index (χ1) is 68.7. The van der Waals surface area contributed by atoms with Crippen LogP contribution in [0.4, 0.5) is 0 Å². The molecule has 16 aromatic rings. The van der Waals surface area contributed by atoms with Crippen molar-refractivity contribution in [3.63, 3.8) is 0 Å². The van der Waals surface area contributed by atoms with Crippen LogP contribution in [0.2, 0.25) is 0 Å². The summed E-state index contributed by atoms with van der Waals surface area (Å²) in [5.74, 6) is 4.42. The normalized spacial score (nSPS) is 11.7. The summed E-state index contributed by atoms with van der Waals surface area (Å²) < 4.78 is 9.78. The number of nitrogens with one attached hydrogen (secondary N) is 5. The second kappa shape index (κ2) is 62.1. The molecule has 0 saturated carbocycles. The zero-order valence-electron chi connectivity index (χ0n) is 101. The van der Waals surface area contributed by atoms with E-state index in [0.29, 0.717) is 5.41 Å². The summed E-state index contributed by atoms with van der Waals surface area (Å²) in [6.45, 7) is 103. The monoisotopic (exact) mass is 2110 g/mol. The lowest BCUT2D eigenvalue weighted by atomic mass is 9.87. The first-order valence-corrected chi connectivity index (χ1v) is 53.8. The van der Waals surface area contributed by atoms with Gasteiger partial charge in [0.05, 0.1) is 39.9 Å². The standard InChI is InChI=1S/C10H14.3C9H13N.2C8H12N2.3C7H12N2.2C7H11NO.3C7H11NS.C6H11N3.C5H10N4/c1-10(2,3)9-7-5-4-6-8-9;1-9(2,3)8-4-6-10-7-5-8;2*1-9(2,3)8-6-4-5-7-10-8;1-8(2,3)7-4-5-9-6-10-7;1-8(2,3)7-9-5-4-6-10-7;1-7(2,3)6-4-8-5-9-6;1-7(2,3)6-8-4-5-9-6;1-7(2,3)6-4-5-8-9-6;1-7(2,3)6-8-4-5-9-6;1-7(2,3)6-4-5-9-8-6;1-7(2,3)6-4-9-5-8-6;1-7(2,3)6-4-8-5-9-6;1-7(2,3)6-8-4-5-9-6;1-6(2,3)5-7-4-8-9-5;1-5(2,3)4-6-8-9-7-4/h4-8H,1-3H3;3*4-7H,1-3H3;2*4-6H,1-3H3;3*4-5H,1-3H3,(H,8,9);5*4-5H,1-3H3;4H,1-3H3,(H,7,8,9);1-3H3,(H,6,7,8,9). The number of aromatic amines is 5. The van der Waals surface area contributed by atoms with Gasteiger partial charge in [0, 0.05) is 201 Å². The van der Waals surface area contributed by atoms with E-state index in [1.807, 2.05) is 135 Å². The molecule has 15 aromatic heterocycles. The summed E-state index contributed by atoms with van der Waals surface area (Å²) in [6.07, 6.45) is 33.4. The van der Waals surface area contributed by atoms with Gasteiger partial charge in [-0.3, -0.25) is 30.1 Å². The van der Waals surface area contributed by atoms with Gasteiger partial charge in [0.25, 0.3) is 0 Å². The van der Waals surface area contributed by atoms with Crippen molar-refractivity contribution >= 4 is 34.0 Å². The van der Waals surface area contributed by atoms with E-state index in [-0.39, 0.29) is 81.2 Å². The highest BCUT2D eigenvalue weighted by atomic mass is 32.1. The molecule has 0 unspecified atom stereocenters.